The highest BCUT2D eigenvalue weighted by atomic mass is 35.5. The molecule has 2 aromatic rings. The second kappa shape index (κ2) is 8.45. The van der Waals surface area contributed by atoms with E-state index in [1.54, 1.807) is 30.3 Å². The van der Waals surface area contributed by atoms with Crippen molar-refractivity contribution in [3.8, 4) is 11.5 Å². The Balaban J connectivity index is 1.54. The number of nitrogens with zero attached hydrogens (tertiary/aromatic N) is 1. The quantitative estimate of drug-likeness (QED) is 0.754. The summed E-state index contributed by atoms with van der Waals surface area (Å²) >= 11 is 6.00. The van der Waals surface area contributed by atoms with E-state index in [1.165, 1.54) is 17.5 Å². The summed E-state index contributed by atoms with van der Waals surface area (Å²) in [5.41, 5.74) is 1.24. The fraction of sp³-hybridized carbons (Fsp3) is 0.381. The molecule has 30 heavy (non-hydrogen) atoms. The highest BCUT2D eigenvalue weighted by Crippen LogP contribution is 2.33. The average Bonchev–Trinajstić information content (AvgIpc) is 3.17. The number of nitrogens with one attached hydrogen (secondary N) is 1. The van der Waals surface area contributed by atoms with Gasteiger partial charge in [-0.1, -0.05) is 18.0 Å². The molecule has 0 unspecified atom stereocenters. The lowest BCUT2D eigenvalue weighted by molar-refractivity contribution is -0.122. The molecule has 2 aliphatic heterocycles. The van der Waals surface area contributed by atoms with Crippen molar-refractivity contribution in [2.75, 3.05) is 25.5 Å². The predicted molar refractivity (Wildman–Crippen MR) is 114 cm³/mol. The maximum Gasteiger partial charge on any atom is 0.265 e. The maximum absolute atomic E-state index is 13.1. The number of methoxy groups -OCH3 is 1. The van der Waals surface area contributed by atoms with Crippen LogP contribution in [0.3, 0.4) is 0 Å². The van der Waals surface area contributed by atoms with Crippen LogP contribution in [-0.2, 0) is 21.2 Å². The molecule has 0 spiro atoms. The summed E-state index contributed by atoms with van der Waals surface area (Å²) in [5, 5.41) is 3.35. The van der Waals surface area contributed by atoms with E-state index in [-0.39, 0.29) is 16.6 Å². The molecule has 2 aromatic carbocycles. The van der Waals surface area contributed by atoms with Crippen LogP contribution in [0.1, 0.15) is 24.8 Å². The zero-order chi connectivity index (χ0) is 21.3. The largest absolute Gasteiger partial charge is 0.495 e. The summed E-state index contributed by atoms with van der Waals surface area (Å²) in [4.78, 5) is 12.8. The Morgan fingerprint density at radius 3 is 2.67 bits per heavy atom. The van der Waals surface area contributed by atoms with Crippen molar-refractivity contribution in [2.24, 2.45) is 0 Å². The number of anilines is 1. The van der Waals surface area contributed by atoms with Crippen LogP contribution in [-0.4, -0.2) is 44.9 Å². The van der Waals surface area contributed by atoms with E-state index in [9.17, 15) is 13.2 Å². The molecule has 4 rings (SSSR count). The molecule has 1 saturated heterocycles. The second-order valence-electron chi connectivity index (χ2n) is 7.38. The van der Waals surface area contributed by atoms with Crippen molar-refractivity contribution in [3.63, 3.8) is 0 Å². The van der Waals surface area contributed by atoms with E-state index in [1.807, 2.05) is 0 Å². The van der Waals surface area contributed by atoms with Crippen LogP contribution in [0.5, 0.6) is 11.5 Å². The summed E-state index contributed by atoms with van der Waals surface area (Å²) < 4.78 is 38.7. The first kappa shape index (κ1) is 21.0. The fourth-order valence-corrected chi connectivity index (χ4v) is 5.68. The van der Waals surface area contributed by atoms with Crippen LogP contribution in [0, 0.1) is 0 Å². The topological polar surface area (TPSA) is 84.9 Å². The number of ether oxygens (including phenoxy) is 2. The van der Waals surface area contributed by atoms with Gasteiger partial charge in [0.05, 0.1) is 7.11 Å². The minimum absolute atomic E-state index is 0.0482. The average molecular weight is 451 g/mol. The molecule has 1 fully saturated rings. The summed E-state index contributed by atoms with van der Waals surface area (Å²) in [5.74, 6) is 0.522. The van der Waals surface area contributed by atoms with Gasteiger partial charge < -0.3 is 14.8 Å². The summed E-state index contributed by atoms with van der Waals surface area (Å²) in [6.07, 6.45) is 2.39. The van der Waals surface area contributed by atoms with Gasteiger partial charge in [0.1, 0.15) is 16.4 Å². The predicted octanol–water partition coefficient (Wildman–Crippen LogP) is 3.47. The molecule has 2 heterocycles. The number of fused-ring (bicyclic) bond motifs is 1. The number of sulfonamides is 1. The van der Waals surface area contributed by atoms with Crippen molar-refractivity contribution in [1.29, 1.82) is 0 Å². The number of halogens is 1. The minimum atomic E-state index is -3.72. The van der Waals surface area contributed by atoms with Crippen LogP contribution in [0.2, 0.25) is 5.02 Å². The van der Waals surface area contributed by atoms with Gasteiger partial charge in [-0.2, -0.15) is 4.31 Å². The van der Waals surface area contributed by atoms with Gasteiger partial charge in [0.2, 0.25) is 10.0 Å². The van der Waals surface area contributed by atoms with Gasteiger partial charge in [-0.25, -0.2) is 8.42 Å². The molecule has 1 N–H and O–H groups in total. The first-order chi connectivity index (χ1) is 14.4. The normalized spacial score (nSPS) is 19.1. The highest BCUT2D eigenvalue weighted by molar-refractivity contribution is 7.89. The Hall–Kier alpha value is -2.29. The molecule has 160 valence electrons. The van der Waals surface area contributed by atoms with Crippen LogP contribution in [0.25, 0.3) is 0 Å². The highest BCUT2D eigenvalue weighted by Gasteiger charge is 2.31. The van der Waals surface area contributed by atoms with E-state index < -0.39 is 16.1 Å². The van der Waals surface area contributed by atoms with Gasteiger partial charge >= 0.3 is 0 Å². The molecule has 2 aliphatic rings. The van der Waals surface area contributed by atoms with Crippen molar-refractivity contribution < 1.29 is 22.7 Å². The Kier molecular flexibility index (Phi) is 5.90. The molecule has 1 atom stereocenters. The number of carbonyl (C=O) groups excluding carboxylic acids is 1. The standard InChI is InChI=1S/C21H23ClN2O5S/c1-28-18-8-6-16(13-20(18)30(26,27)24-9-3-2-4-10-24)23-21(25)19-12-14-11-15(22)5-7-17(14)29-19/h5-8,11,13,19H,2-4,9-10,12H2,1H3,(H,23,25)/t19-/m0/s1. The molecule has 9 heteroatoms. The van der Waals surface area contributed by atoms with E-state index in [0.717, 1.165) is 24.8 Å². The molecular weight excluding hydrogens is 428 g/mol. The van der Waals surface area contributed by atoms with E-state index in [0.29, 0.717) is 36.0 Å². The van der Waals surface area contributed by atoms with E-state index >= 15 is 0 Å². The molecular formula is C21H23ClN2O5S. The Morgan fingerprint density at radius 2 is 1.93 bits per heavy atom. The number of hydrogen-bond donors (Lipinski definition) is 1. The van der Waals surface area contributed by atoms with Crippen LogP contribution in [0.15, 0.2) is 41.3 Å². The SMILES string of the molecule is COc1ccc(NC(=O)[C@@H]2Cc3cc(Cl)ccc3O2)cc1S(=O)(=O)N1CCCCC1. The zero-order valence-corrected chi connectivity index (χ0v) is 18.1. The summed E-state index contributed by atoms with van der Waals surface area (Å²) in [6, 6.07) is 9.84. The lowest BCUT2D eigenvalue weighted by Crippen LogP contribution is -2.36. The van der Waals surface area contributed by atoms with Gasteiger partial charge in [0.25, 0.3) is 5.91 Å². The minimum Gasteiger partial charge on any atom is -0.495 e. The summed E-state index contributed by atoms with van der Waals surface area (Å²) in [6.45, 7) is 0.970. The third-order valence-electron chi connectivity index (χ3n) is 5.35. The van der Waals surface area contributed by atoms with Crippen LogP contribution in [0.4, 0.5) is 5.69 Å². The lowest BCUT2D eigenvalue weighted by atomic mass is 10.1. The van der Waals surface area contributed by atoms with Crippen LogP contribution < -0.4 is 14.8 Å². The maximum atomic E-state index is 13.1. The van der Waals surface area contributed by atoms with Gasteiger partial charge in [-0.3, -0.25) is 4.79 Å². The van der Waals surface area contributed by atoms with Gasteiger partial charge in [0, 0.05) is 30.2 Å². The van der Waals surface area contributed by atoms with E-state index in [2.05, 4.69) is 5.32 Å². The van der Waals surface area contributed by atoms with Crippen molar-refractivity contribution in [1.82, 2.24) is 4.31 Å². The van der Waals surface area contributed by atoms with Crippen LogP contribution >= 0.6 is 11.6 Å². The number of carbonyl (C=O) groups is 1. The molecule has 7 nitrogen and oxygen atoms in total. The van der Waals surface area contributed by atoms with Crippen molar-refractivity contribution in [2.45, 2.75) is 36.7 Å². The zero-order valence-electron chi connectivity index (χ0n) is 16.6. The number of rotatable bonds is 5. The smallest absolute Gasteiger partial charge is 0.265 e. The lowest BCUT2D eigenvalue weighted by Gasteiger charge is -2.26. The molecule has 1 amide bonds. The first-order valence-electron chi connectivity index (χ1n) is 9.82. The van der Waals surface area contributed by atoms with E-state index in [4.69, 9.17) is 21.1 Å². The number of hydrogen-bond acceptors (Lipinski definition) is 5. The molecule has 0 radical (unpaired) electrons. The molecule has 0 aliphatic carbocycles. The molecule has 0 aromatic heterocycles. The Bertz CT molecular complexity index is 1070. The van der Waals surface area contributed by atoms with Gasteiger partial charge in [-0.15, -0.1) is 0 Å². The third-order valence-corrected chi connectivity index (χ3v) is 7.51. The molecule has 0 bridgehead atoms. The monoisotopic (exact) mass is 450 g/mol. The van der Waals surface area contributed by atoms with Gasteiger partial charge in [0.15, 0.2) is 6.10 Å². The molecule has 0 saturated carbocycles. The number of piperidine rings is 1. The van der Waals surface area contributed by atoms with Crippen molar-refractivity contribution in [3.05, 3.63) is 47.0 Å². The fourth-order valence-electron chi connectivity index (χ4n) is 3.79. The second-order valence-corrected chi connectivity index (χ2v) is 9.73. The first-order valence-corrected chi connectivity index (χ1v) is 11.6. The number of amides is 1. The van der Waals surface area contributed by atoms with Crippen molar-refractivity contribution >= 4 is 33.2 Å². The van der Waals surface area contributed by atoms with Gasteiger partial charge in [-0.05, 0) is 54.8 Å². The Morgan fingerprint density at radius 1 is 1.17 bits per heavy atom. The number of benzene rings is 2. The Labute approximate surface area is 181 Å². The third kappa shape index (κ3) is 4.12. The summed E-state index contributed by atoms with van der Waals surface area (Å²) in [7, 11) is -2.29.